The molecule has 4 rings (SSSR count). The van der Waals surface area contributed by atoms with Gasteiger partial charge in [-0.1, -0.05) is 0 Å². The van der Waals surface area contributed by atoms with Crippen molar-refractivity contribution in [3.63, 3.8) is 0 Å². The van der Waals surface area contributed by atoms with Gasteiger partial charge in [-0.2, -0.15) is 13.2 Å². The third kappa shape index (κ3) is 4.59. The second-order valence-electron chi connectivity index (χ2n) is 6.97. The number of aryl methyl sites for hydroxylation is 1. The van der Waals surface area contributed by atoms with Crippen molar-refractivity contribution in [1.82, 2.24) is 14.5 Å². The number of carbonyl (C=O) groups excluding carboxylic acids is 1. The van der Waals surface area contributed by atoms with Gasteiger partial charge >= 0.3 is 6.18 Å². The Hall–Kier alpha value is -2.85. The number of aromatic nitrogens is 2. The minimum Gasteiger partial charge on any atom is -0.378 e. The SMILES string of the molecule is Cl.Cn1ccc2c(Nc3cc(F)cc(C(F)(F)F)c3)ncc(C(=O)N3CCOCC3)c21. The molecule has 1 saturated heterocycles. The van der Waals surface area contributed by atoms with E-state index in [1.54, 1.807) is 28.8 Å². The standard InChI is InChI=1S/C20H18F4N4O2.ClH/c1-27-3-2-15-17(27)16(19(29)28-4-6-30-7-5-28)11-25-18(15)26-14-9-12(20(22,23)24)8-13(21)10-14;/h2-3,8-11H,4-7H2,1H3,(H,25,26);1H. The number of morpholine rings is 1. The number of halogens is 5. The van der Waals surface area contributed by atoms with Crippen LogP contribution in [0.3, 0.4) is 0 Å². The van der Waals surface area contributed by atoms with Crippen molar-refractivity contribution in [2.45, 2.75) is 6.18 Å². The molecule has 0 spiro atoms. The van der Waals surface area contributed by atoms with E-state index < -0.39 is 17.6 Å². The van der Waals surface area contributed by atoms with Gasteiger partial charge in [0.15, 0.2) is 0 Å². The van der Waals surface area contributed by atoms with Crippen molar-refractivity contribution < 1.29 is 27.1 Å². The summed E-state index contributed by atoms with van der Waals surface area (Å²) in [6, 6.07) is 3.90. The van der Waals surface area contributed by atoms with Gasteiger partial charge in [0.05, 0.1) is 29.9 Å². The number of carbonyl (C=O) groups is 1. The van der Waals surface area contributed by atoms with Crippen LogP contribution in [-0.2, 0) is 18.0 Å². The highest BCUT2D eigenvalue weighted by molar-refractivity contribution is 6.08. The molecule has 1 N–H and O–H groups in total. The maximum absolute atomic E-state index is 13.7. The fourth-order valence-electron chi connectivity index (χ4n) is 3.47. The normalized spacial score (nSPS) is 14.4. The van der Waals surface area contributed by atoms with E-state index in [4.69, 9.17) is 4.74 Å². The predicted octanol–water partition coefficient (Wildman–Crippen LogP) is 4.37. The maximum Gasteiger partial charge on any atom is 0.416 e. The Morgan fingerprint density at radius 1 is 1.19 bits per heavy atom. The van der Waals surface area contributed by atoms with Crippen LogP contribution in [0.4, 0.5) is 29.1 Å². The zero-order chi connectivity index (χ0) is 21.5. The van der Waals surface area contributed by atoms with Gasteiger partial charge in [-0.3, -0.25) is 4.79 Å². The number of amides is 1. The van der Waals surface area contributed by atoms with Crippen LogP contribution in [0.15, 0.2) is 36.7 Å². The molecule has 1 aliphatic heterocycles. The van der Waals surface area contributed by atoms with Crippen LogP contribution >= 0.6 is 12.4 Å². The number of anilines is 2. The molecule has 1 amide bonds. The lowest BCUT2D eigenvalue weighted by molar-refractivity contribution is -0.137. The van der Waals surface area contributed by atoms with E-state index in [0.29, 0.717) is 48.8 Å². The van der Waals surface area contributed by atoms with Gasteiger partial charge in [-0.15, -0.1) is 12.4 Å². The Labute approximate surface area is 181 Å². The lowest BCUT2D eigenvalue weighted by atomic mass is 10.1. The number of nitrogens with zero attached hydrogens (tertiary/aromatic N) is 3. The first kappa shape index (κ1) is 22.8. The van der Waals surface area contributed by atoms with Crippen molar-refractivity contribution >= 4 is 40.7 Å². The van der Waals surface area contributed by atoms with E-state index in [1.165, 1.54) is 6.20 Å². The number of fused-ring (bicyclic) bond motifs is 1. The molecular weight excluding hydrogens is 440 g/mol. The number of benzene rings is 1. The summed E-state index contributed by atoms with van der Waals surface area (Å²) >= 11 is 0. The average molecular weight is 459 g/mol. The topological polar surface area (TPSA) is 59.4 Å². The number of pyridine rings is 1. The van der Waals surface area contributed by atoms with Gasteiger partial charge in [0.2, 0.25) is 0 Å². The first-order chi connectivity index (χ1) is 14.2. The molecule has 166 valence electrons. The molecule has 0 unspecified atom stereocenters. The van der Waals surface area contributed by atoms with E-state index in [0.717, 1.165) is 12.1 Å². The van der Waals surface area contributed by atoms with Crippen LogP contribution in [0, 0.1) is 5.82 Å². The smallest absolute Gasteiger partial charge is 0.378 e. The third-order valence-electron chi connectivity index (χ3n) is 4.92. The van der Waals surface area contributed by atoms with Crippen molar-refractivity contribution in [2.24, 2.45) is 7.05 Å². The summed E-state index contributed by atoms with van der Waals surface area (Å²) in [5, 5.41) is 3.29. The monoisotopic (exact) mass is 458 g/mol. The summed E-state index contributed by atoms with van der Waals surface area (Å²) in [7, 11) is 1.76. The number of nitrogens with one attached hydrogen (secondary N) is 1. The predicted molar refractivity (Wildman–Crippen MR) is 109 cm³/mol. The first-order valence-corrected chi connectivity index (χ1v) is 9.20. The molecule has 1 fully saturated rings. The molecular formula is C20H19ClF4N4O2. The largest absolute Gasteiger partial charge is 0.416 e. The average Bonchev–Trinajstić information content (AvgIpc) is 3.10. The highest BCUT2D eigenvalue weighted by atomic mass is 35.5. The summed E-state index contributed by atoms with van der Waals surface area (Å²) in [5.74, 6) is -0.993. The molecule has 0 radical (unpaired) electrons. The summed E-state index contributed by atoms with van der Waals surface area (Å²) in [6.07, 6.45) is -1.57. The lowest BCUT2D eigenvalue weighted by Gasteiger charge is -2.27. The van der Waals surface area contributed by atoms with E-state index >= 15 is 0 Å². The Morgan fingerprint density at radius 2 is 1.90 bits per heavy atom. The number of hydrogen-bond donors (Lipinski definition) is 1. The summed E-state index contributed by atoms with van der Waals surface area (Å²) in [6.45, 7) is 1.84. The summed E-state index contributed by atoms with van der Waals surface area (Å²) in [4.78, 5) is 18.9. The quantitative estimate of drug-likeness (QED) is 0.592. The number of ether oxygens (including phenoxy) is 1. The summed E-state index contributed by atoms with van der Waals surface area (Å²) in [5.41, 5.74) is -0.239. The Kier molecular flexibility index (Phi) is 6.42. The van der Waals surface area contributed by atoms with Crippen molar-refractivity contribution in [2.75, 3.05) is 31.6 Å². The number of hydrogen-bond acceptors (Lipinski definition) is 4. The highest BCUT2D eigenvalue weighted by Crippen LogP contribution is 2.34. The molecule has 0 bridgehead atoms. The molecule has 3 aromatic rings. The van der Waals surface area contributed by atoms with Crippen LogP contribution in [0.2, 0.25) is 0 Å². The molecule has 1 aliphatic rings. The Bertz CT molecular complexity index is 1110. The van der Waals surface area contributed by atoms with Gasteiger partial charge in [0, 0.05) is 43.6 Å². The van der Waals surface area contributed by atoms with Gasteiger partial charge in [0.25, 0.3) is 5.91 Å². The maximum atomic E-state index is 13.7. The van der Waals surface area contributed by atoms with Gasteiger partial charge in [-0.25, -0.2) is 9.37 Å². The third-order valence-corrected chi connectivity index (χ3v) is 4.92. The van der Waals surface area contributed by atoms with E-state index in [9.17, 15) is 22.4 Å². The van der Waals surface area contributed by atoms with E-state index in [1.807, 2.05) is 0 Å². The molecule has 0 atom stereocenters. The molecule has 1 aromatic carbocycles. The zero-order valence-electron chi connectivity index (χ0n) is 16.4. The fourth-order valence-corrected chi connectivity index (χ4v) is 3.47. The fraction of sp³-hybridized carbons (Fsp3) is 0.300. The van der Waals surface area contributed by atoms with Crippen LogP contribution in [0.5, 0.6) is 0 Å². The highest BCUT2D eigenvalue weighted by Gasteiger charge is 2.31. The van der Waals surface area contributed by atoms with Crippen LogP contribution in [0.1, 0.15) is 15.9 Å². The molecule has 3 heterocycles. The van der Waals surface area contributed by atoms with Gasteiger partial charge in [0.1, 0.15) is 11.6 Å². The summed E-state index contributed by atoms with van der Waals surface area (Å²) < 4.78 is 59.7. The Balaban J connectivity index is 0.00000272. The van der Waals surface area contributed by atoms with Crippen molar-refractivity contribution in [1.29, 1.82) is 0 Å². The van der Waals surface area contributed by atoms with Gasteiger partial charge in [-0.05, 0) is 24.3 Å². The van der Waals surface area contributed by atoms with Crippen LogP contribution in [-0.4, -0.2) is 46.7 Å². The van der Waals surface area contributed by atoms with Gasteiger partial charge < -0.3 is 19.5 Å². The molecule has 31 heavy (non-hydrogen) atoms. The lowest BCUT2D eigenvalue weighted by Crippen LogP contribution is -2.40. The molecule has 11 heteroatoms. The number of alkyl halides is 3. The van der Waals surface area contributed by atoms with Crippen molar-refractivity contribution in [3.05, 3.63) is 53.6 Å². The minimum atomic E-state index is -4.68. The first-order valence-electron chi connectivity index (χ1n) is 9.20. The second-order valence-corrected chi connectivity index (χ2v) is 6.97. The van der Waals surface area contributed by atoms with Crippen molar-refractivity contribution in [3.8, 4) is 0 Å². The van der Waals surface area contributed by atoms with Crippen LogP contribution < -0.4 is 5.32 Å². The zero-order valence-corrected chi connectivity index (χ0v) is 17.2. The molecule has 2 aromatic heterocycles. The minimum absolute atomic E-state index is 0. The molecule has 0 aliphatic carbocycles. The number of rotatable bonds is 3. The Morgan fingerprint density at radius 3 is 2.58 bits per heavy atom. The van der Waals surface area contributed by atoms with E-state index in [-0.39, 0.29) is 29.8 Å². The molecule has 6 nitrogen and oxygen atoms in total. The van der Waals surface area contributed by atoms with Crippen LogP contribution in [0.25, 0.3) is 10.9 Å². The van der Waals surface area contributed by atoms with E-state index in [2.05, 4.69) is 10.3 Å². The second kappa shape index (κ2) is 8.72. The molecule has 0 saturated carbocycles.